The minimum atomic E-state index is -0.408. The second-order valence-electron chi connectivity index (χ2n) is 5.87. The summed E-state index contributed by atoms with van der Waals surface area (Å²) in [6, 6.07) is 3.22. The van der Waals surface area contributed by atoms with E-state index in [0.717, 1.165) is 17.0 Å². The van der Waals surface area contributed by atoms with E-state index in [1.165, 1.54) is 6.92 Å². The van der Waals surface area contributed by atoms with E-state index < -0.39 is 5.92 Å². The highest BCUT2D eigenvalue weighted by Crippen LogP contribution is 2.37. The van der Waals surface area contributed by atoms with Gasteiger partial charge in [0.15, 0.2) is 17.3 Å². The lowest BCUT2D eigenvalue weighted by Gasteiger charge is -2.15. The summed E-state index contributed by atoms with van der Waals surface area (Å²) in [5.74, 6) is 0.233. The van der Waals surface area contributed by atoms with Gasteiger partial charge in [-0.1, -0.05) is 0 Å². The van der Waals surface area contributed by atoms with E-state index in [9.17, 15) is 9.59 Å². The van der Waals surface area contributed by atoms with Gasteiger partial charge in [-0.15, -0.1) is 0 Å². The predicted molar refractivity (Wildman–Crippen MR) is 87.7 cm³/mol. The molecule has 1 aromatic heterocycles. The first-order valence-corrected chi connectivity index (χ1v) is 7.65. The summed E-state index contributed by atoms with van der Waals surface area (Å²) in [4.78, 5) is 24.5. The largest absolute Gasteiger partial charge is 0.454 e. The number of aromatic amines is 1. The van der Waals surface area contributed by atoms with E-state index in [1.807, 2.05) is 13.8 Å². The van der Waals surface area contributed by atoms with Gasteiger partial charge in [0.1, 0.15) is 0 Å². The molecule has 0 fully saturated rings. The number of rotatable bonds is 4. The smallest absolute Gasteiger partial charge is 0.231 e. The van der Waals surface area contributed by atoms with Gasteiger partial charge in [0.2, 0.25) is 12.7 Å². The van der Waals surface area contributed by atoms with Crippen LogP contribution in [0.2, 0.25) is 0 Å². The van der Waals surface area contributed by atoms with Crippen molar-refractivity contribution >= 4 is 17.4 Å². The molecule has 7 nitrogen and oxygen atoms in total. The molecule has 2 aromatic rings. The van der Waals surface area contributed by atoms with Gasteiger partial charge in [-0.2, -0.15) is 5.10 Å². The second-order valence-corrected chi connectivity index (χ2v) is 5.87. The second kappa shape index (κ2) is 5.99. The van der Waals surface area contributed by atoms with Crippen molar-refractivity contribution in [1.29, 1.82) is 0 Å². The minimum absolute atomic E-state index is 0.105. The summed E-state index contributed by atoms with van der Waals surface area (Å²) in [6.45, 7) is 7.08. The van der Waals surface area contributed by atoms with Crippen molar-refractivity contribution in [2.24, 2.45) is 0 Å². The van der Waals surface area contributed by atoms with Gasteiger partial charge in [0, 0.05) is 22.9 Å². The molecule has 24 heavy (non-hydrogen) atoms. The average Bonchev–Trinajstić information content (AvgIpc) is 3.11. The van der Waals surface area contributed by atoms with Crippen LogP contribution in [0.1, 0.15) is 47.1 Å². The number of nitrogens with one attached hydrogen (secondary N) is 2. The Bertz CT molecular complexity index is 806. The summed E-state index contributed by atoms with van der Waals surface area (Å²) in [6.07, 6.45) is 0. The van der Waals surface area contributed by atoms with Gasteiger partial charge >= 0.3 is 0 Å². The standard InChI is InChI=1S/C17H19N3O4/c1-8(16-9(2)19-20-10(16)3)17(22)18-13-6-15-14(23-7-24-15)5-12(13)11(4)21/h5-6,8H,7H2,1-4H3,(H,18,22)(H,19,20). The number of H-pyrrole nitrogens is 1. The third-order valence-electron chi connectivity index (χ3n) is 4.16. The van der Waals surface area contributed by atoms with Crippen LogP contribution in [0.25, 0.3) is 0 Å². The molecule has 1 aromatic carbocycles. The van der Waals surface area contributed by atoms with Crippen LogP contribution >= 0.6 is 0 Å². The van der Waals surface area contributed by atoms with Crippen molar-refractivity contribution in [2.45, 2.75) is 33.6 Å². The molecule has 1 amide bonds. The number of anilines is 1. The van der Waals surface area contributed by atoms with Gasteiger partial charge < -0.3 is 14.8 Å². The average molecular weight is 329 g/mol. The highest BCUT2D eigenvalue weighted by atomic mass is 16.7. The van der Waals surface area contributed by atoms with Crippen molar-refractivity contribution in [2.75, 3.05) is 12.1 Å². The number of fused-ring (bicyclic) bond motifs is 1. The first-order chi connectivity index (χ1) is 11.4. The van der Waals surface area contributed by atoms with Gasteiger partial charge in [-0.3, -0.25) is 14.7 Å². The van der Waals surface area contributed by atoms with Crippen LogP contribution in [0.15, 0.2) is 12.1 Å². The lowest BCUT2D eigenvalue weighted by molar-refractivity contribution is -0.117. The van der Waals surface area contributed by atoms with Crippen molar-refractivity contribution in [1.82, 2.24) is 10.2 Å². The minimum Gasteiger partial charge on any atom is -0.454 e. The van der Waals surface area contributed by atoms with Crippen LogP contribution in [-0.4, -0.2) is 28.7 Å². The molecule has 3 rings (SSSR count). The van der Waals surface area contributed by atoms with Crippen molar-refractivity contribution < 1.29 is 19.1 Å². The predicted octanol–water partition coefficient (Wildman–Crippen LogP) is 2.70. The Hall–Kier alpha value is -2.83. The number of carbonyl (C=O) groups excluding carboxylic acids is 2. The highest BCUT2D eigenvalue weighted by molar-refractivity contribution is 6.05. The molecule has 0 spiro atoms. The van der Waals surface area contributed by atoms with E-state index in [0.29, 0.717) is 22.7 Å². The number of nitrogens with zero attached hydrogens (tertiary/aromatic N) is 1. The summed E-state index contributed by atoms with van der Waals surface area (Å²) >= 11 is 0. The maximum Gasteiger partial charge on any atom is 0.231 e. The number of aryl methyl sites for hydroxylation is 2. The number of ketones is 1. The lowest BCUT2D eigenvalue weighted by atomic mass is 9.98. The number of hydrogen-bond donors (Lipinski definition) is 2. The van der Waals surface area contributed by atoms with Crippen molar-refractivity contribution in [3.63, 3.8) is 0 Å². The Morgan fingerprint density at radius 1 is 1.25 bits per heavy atom. The number of aromatic nitrogens is 2. The van der Waals surface area contributed by atoms with E-state index in [-0.39, 0.29) is 18.5 Å². The number of hydrogen-bond acceptors (Lipinski definition) is 5. The molecule has 7 heteroatoms. The summed E-state index contributed by atoms with van der Waals surface area (Å²) in [5, 5.41) is 9.83. The number of benzene rings is 1. The van der Waals surface area contributed by atoms with Crippen LogP contribution in [0.3, 0.4) is 0 Å². The number of ether oxygens (including phenoxy) is 2. The lowest BCUT2D eigenvalue weighted by Crippen LogP contribution is -2.21. The summed E-state index contributed by atoms with van der Waals surface area (Å²) < 4.78 is 10.6. The molecule has 1 unspecified atom stereocenters. The monoisotopic (exact) mass is 329 g/mol. The fourth-order valence-corrected chi connectivity index (χ4v) is 2.91. The zero-order valence-electron chi connectivity index (χ0n) is 14.0. The summed E-state index contributed by atoms with van der Waals surface area (Å²) in [7, 11) is 0. The van der Waals surface area contributed by atoms with E-state index >= 15 is 0 Å². The fourth-order valence-electron chi connectivity index (χ4n) is 2.91. The molecule has 1 aliphatic heterocycles. The Morgan fingerprint density at radius 2 is 1.92 bits per heavy atom. The summed E-state index contributed by atoms with van der Waals surface area (Å²) in [5.41, 5.74) is 3.31. The zero-order valence-corrected chi connectivity index (χ0v) is 14.0. The molecule has 1 atom stereocenters. The van der Waals surface area contributed by atoms with E-state index in [1.54, 1.807) is 19.1 Å². The first kappa shape index (κ1) is 16.0. The molecular weight excluding hydrogens is 310 g/mol. The van der Waals surface area contributed by atoms with E-state index in [2.05, 4.69) is 15.5 Å². The normalized spacial score (nSPS) is 13.7. The SMILES string of the molecule is CC(=O)c1cc2c(cc1NC(=O)C(C)c1c(C)n[nH]c1C)OCO2. The number of carbonyl (C=O) groups is 2. The molecule has 1 aliphatic rings. The van der Waals surface area contributed by atoms with Crippen LogP contribution in [-0.2, 0) is 4.79 Å². The molecule has 0 bridgehead atoms. The molecule has 0 saturated heterocycles. The molecule has 0 radical (unpaired) electrons. The molecule has 2 N–H and O–H groups in total. The Kier molecular flexibility index (Phi) is 4.01. The Morgan fingerprint density at radius 3 is 2.50 bits per heavy atom. The molecule has 0 aliphatic carbocycles. The fraction of sp³-hybridized carbons (Fsp3) is 0.353. The quantitative estimate of drug-likeness (QED) is 0.841. The maximum atomic E-state index is 12.7. The Balaban J connectivity index is 1.90. The van der Waals surface area contributed by atoms with Crippen LogP contribution in [0.5, 0.6) is 11.5 Å². The zero-order chi connectivity index (χ0) is 17.4. The van der Waals surface area contributed by atoms with Crippen LogP contribution in [0.4, 0.5) is 5.69 Å². The van der Waals surface area contributed by atoms with Crippen molar-refractivity contribution in [3.05, 3.63) is 34.6 Å². The van der Waals surface area contributed by atoms with Crippen LogP contribution < -0.4 is 14.8 Å². The van der Waals surface area contributed by atoms with Gasteiger partial charge in [-0.05, 0) is 33.8 Å². The first-order valence-electron chi connectivity index (χ1n) is 7.65. The maximum absolute atomic E-state index is 12.7. The van der Waals surface area contributed by atoms with Crippen molar-refractivity contribution in [3.8, 4) is 11.5 Å². The highest BCUT2D eigenvalue weighted by Gasteiger charge is 2.25. The van der Waals surface area contributed by atoms with Gasteiger partial charge in [-0.25, -0.2) is 0 Å². The molecular formula is C17H19N3O4. The third-order valence-corrected chi connectivity index (χ3v) is 4.16. The van der Waals surface area contributed by atoms with Gasteiger partial charge in [0.25, 0.3) is 0 Å². The third kappa shape index (κ3) is 2.73. The topological polar surface area (TPSA) is 93.3 Å². The number of amides is 1. The van der Waals surface area contributed by atoms with E-state index in [4.69, 9.17) is 9.47 Å². The van der Waals surface area contributed by atoms with Crippen LogP contribution in [0, 0.1) is 13.8 Å². The molecule has 2 heterocycles. The molecule has 126 valence electrons. The Labute approximate surface area is 139 Å². The van der Waals surface area contributed by atoms with Gasteiger partial charge in [0.05, 0.1) is 17.3 Å². The molecule has 0 saturated carbocycles. The number of Topliss-reactive ketones (excluding diaryl/α,β-unsaturated/α-hetero) is 1.